The summed E-state index contributed by atoms with van der Waals surface area (Å²) < 4.78 is 0. The van der Waals surface area contributed by atoms with Crippen molar-refractivity contribution in [3.63, 3.8) is 0 Å². The van der Waals surface area contributed by atoms with E-state index in [2.05, 4.69) is 86.9 Å². The lowest BCUT2D eigenvalue weighted by molar-refractivity contribution is 0.207. The van der Waals surface area contributed by atoms with Crippen LogP contribution in [0.2, 0.25) is 0 Å². The molecule has 32 heavy (non-hydrogen) atoms. The van der Waals surface area contributed by atoms with Crippen LogP contribution in [-0.2, 0) is 0 Å². The Morgan fingerprint density at radius 3 is 2.62 bits per heavy atom. The second-order valence-electron chi connectivity index (χ2n) is 9.46. The van der Waals surface area contributed by atoms with E-state index in [-0.39, 0.29) is 0 Å². The number of nitrogens with zero attached hydrogens (tertiary/aromatic N) is 2. The predicted octanol–water partition coefficient (Wildman–Crippen LogP) is 6.99. The molecule has 0 saturated heterocycles. The van der Waals surface area contributed by atoms with E-state index < -0.39 is 0 Å². The number of rotatable bonds is 12. The standard InChI is InChI=1S/C30H40N2/c1-8-25-14-12-23(6)30(19-25)32(29-15-13-22(29)5)21-31(11-4)17-16-26(9-2)24(7)18-28-20-27(28)10-3/h3,8,12,14,18-20,22,26,29H,1,7,9,11,13,15-17,21H2,2,4-6H3/b28-18+. The number of benzene rings is 1. The Morgan fingerprint density at radius 1 is 1.31 bits per heavy atom. The smallest absolute Gasteiger partial charge is 0.0710 e. The van der Waals surface area contributed by atoms with Crippen LogP contribution in [0, 0.1) is 31.1 Å². The zero-order chi connectivity index (χ0) is 23.3. The van der Waals surface area contributed by atoms with Crippen molar-refractivity contribution in [1.29, 1.82) is 0 Å². The molecule has 0 spiro atoms. The molecule has 2 nitrogen and oxygen atoms in total. The van der Waals surface area contributed by atoms with Gasteiger partial charge in [-0.05, 0) is 79.8 Å². The minimum absolute atomic E-state index is 0.492. The summed E-state index contributed by atoms with van der Waals surface area (Å²) >= 11 is 0. The van der Waals surface area contributed by atoms with Gasteiger partial charge in [0, 0.05) is 23.8 Å². The van der Waals surface area contributed by atoms with Gasteiger partial charge in [-0.1, -0.05) is 69.7 Å². The highest BCUT2D eigenvalue weighted by Crippen LogP contribution is 2.37. The molecule has 1 fully saturated rings. The molecule has 3 unspecified atom stereocenters. The zero-order valence-corrected chi connectivity index (χ0v) is 20.5. The Kier molecular flexibility index (Phi) is 8.21. The van der Waals surface area contributed by atoms with Crippen molar-refractivity contribution in [2.75, 3.05) is 24.7 Å². The average molecular weight is 429 g/mol. The van der Waals surface area contributed by atoms with Crippen molar-refractivity contribution in [2.45, 2.75) is 59.4 Å². The molecule has 2 heteroatoms. The first-order valence-corrected chi connectivity index (χ1v) is 12.2. The summed E-state index contributed by atoms with van der Waals surface area (Å²) in [4.78, 5) is 5.25. The molecule has 0 amide bonds. The normalized spacial score (nSPS) is 21.5. The number of aryl methyl sites for hydroxylation is 1. The fraction of sp³-hybridized carbons (Fsp3) is 0.467. The highest BCUT2D eigenvalue weighted by atomic mass is 15.3. The summed E-state index contributed by atoms with van der Waals surface area (Å²) in [5, 5.41) is 0. The molecule has 0 bridgehead atoms. The zero-order valence-electron chi connectivity index (χ0n) is 20.5. The van der Waals surface area contributed by atoms with Crippen LogP contribution >= 0.6 is 0 Å². The van der Waals surface area contributed by atoms with E-state index >= 15 is 0 Å². The number of hydrogen-bond acceptors (Lipinski definition) is 2. The van der Waals surface area contributed by atoms with Crippen LogP contribution in [0.25, 0.3) is 6.08 Å². The van der Waals surface area contributed by atoms with E-state index in [9.17, 15) is 0 Å². The van der Waals surface area contributed by atoms with Crippen LogP contribution in [0.15, 0.2) is 60.2 Å². The molecule has 170 valence electrons. The molecule has 0 N–H and O–H groups in total. The van der Waals surface area contributed by atoms with Crippen molar-refractivity contribution in [3.8, 4) is 12.3 Å². The van der Waals surface area contributed by atoms with Gasteiger partial charge in [0.15, 0.2) is 0 Å². The molecular weight excluding hydrogens is 388 g/mol. The van der Waals surface area contributed by atoms with Crippen LogP contribution in [0.5, 0.6) is 0 Å². The third kappa shape index (κ3) is 5.64. The fourth-order valence-corrected chi connectivity index (χ4v) is 4.75. The Labute approximate surface area is 196 Å². The summed E-state index contributed by atoms with van der Waals surface area (Å²) in [5.74, 6) is 3.95. The van der Waals surface area contributed by atoms with Crippen molar-refractivity contribution < 1.29 is 0 Å². The topological polar surface area (TPSA) is 6.48 Å². The first kappa shape index (κ1) is 24.1. The molecule has 1 aromatic rings. The number of terminal acetylenes is 1. The number of anilines is 1. The van der Waals surface area contributed by atoms with Crippen LogP contribution < -0.4 is 4.90 Å². The number of allylic oxidation sites excluding steroid dienone is 5. The molecule has 1 saturated carbocycles. The van der Waals surface area contributed by atoms with Gasteiger partial charge in [0.2, 0.25) is 0 Å². The van der Waals surface area contributed by atoms with Crippen LogP contribution in [0.3, 0.4) is 0 Å². The van der Waals surface area contributed by atoms with E-state index in [0.29, 0.717) is 12.0 Å². The van der Waals surface area contributed by atoms with Gasteiger partial charge in [-0.2, -0.15) is 0 Å². The molecule has 2 aliphatic carbocycles. The first-order chi connectivity index (χ1) is 15.4. The summed E-state index contributed by atoms with van der Waals surface area (Å²) in [7, 11) is 0. The minimum atomic E-state index is 0.492. The van der Waals surface area contributed by atoms with Crippen molar-refractivity contribution in [1.82, 2.24) is 4.90 Å². The molecule has 0 aromatic heterocycles. The highest BCUT2D eigenvalue weighted by molar-refractivity contribution is 5.67. The summed E-state index contributed by atoms with van der Waals surface area (Å²) in [6.07, 6.45) is 16.5. The second kappa shape index (κ2) is 10.9. The van der Waals surface area contributed by atoms with Crippen LogP contribution in [0.1, 0.15) is 57.6 Å². The van der Waals surface area contributed by atoms with Crippen molar-refractivity contribution >= 4 is 11.8 Å². The molecule has 2 aliphatic rings. The van der Waals surface area contributed by atoms with Crippen molar-refractivity contribution in [2.24, 2.45) is 11.8 Å². The Hall–Kier alpha value is -2.50. The predicted molar refractivity (Wildman–Crippen MR) is 141 cm³/mol. The van der Waals surface area contributed by atoms with Gasteiger partial charge in [0.05, 0.1) is 6.67 Å². The maximum atomic E-state index is 5.49. The van der Waals surface area contributed by atoms with E-state index in [1.54, 1.807) is 0 Å². The highest BCUT2D eigenvalue weighted by Gasteiger charge is 2.34. The summed E-state index contributed by atoms with van der Waals surface area (Å²) in [6, 6.07) is 7.33. The Morgan fingerprint density at radius 2 is 2.09 bits per heavy atom. The molecule has 0 aliphatic heterocycles. The van der Waals surface area contributed by atoms with Gasteiger partial charge < -0.3 is 4.90 Å². The summed E-state index contributed by atoms with van der Waals surface area (Å²) in [6.45, 7) is 20.6. The van der Waals surface area contributed by atoms with Gasteiger partial charge in [0.25, 0.3) is 0 Å². The lowest BCUT2D eigenvalue weighted by atomic mass is 9.79. The van der Waals surface area contributed by atoms with Gasteiger partial charge in [-0.3, -0.25) is 4.90 Å². The average Bonchev–Trinajstić information content (AvgIpc) is 3.55. The molecule has 0 heterocycles. The molecular formula is C30H40N2. The van der Waals surface area contributed by atoms with E-state index in [4.69, 9.17) is 6.42 Å². The Balaban J connectivity index is 1.69. The van der Waals surface area contributed by atoms with Crippen molar-refractivity contribution in [3.05, 3.63) is 71.4 Å². The van der Waals surface area contributed by atoms with Crippen LogP contribution in [0.4, 0.5) is 5.69 Å². The van der Waals surface area contributed by atoms with Gasteiger partial charge >= 0.3 is 0 Å². The van der Waals surface area contributed by atoms with Gasteiger partial charge in [0.1, 0.15) is 0 Å². The second-order valence-corrected chi connectivity index (χ2v) is 9.46. The lowest BCUT2D eigenvalue weighted by Gasteiger charge is -2.46. The number of hydrogen-bond donors (Lipinski definition) is 0. The molecule has 3 atom stereocenters. The lowest BCUT2D eigenvalue weighted by Crippen LogP contribution is -2.51. The van der Waals surface area contributed by atoms with Crippen LogP contribution in [-0.4, -0.2) is 30.7 Å². The molecule has 3 rings (SSSR count). The van der Waals surface area contributed by atoms with Gasteiger partial charge in [-0.25, -0.2) is 0 Å². The monoisotopic (exact) mass is 428 g/mol. The third-order valence-electron chi connectivity index (χ3n) is 7.39. The van der Waals surface area contributed by atoms with E-state index in [0.717, 1.165) is 44.1 Å². The fourth-order valence-electron chi connectivity index (χ4n) is 4.75. The van der Waals surface area contributed by atoms with E-state index in [1.165, 1.54) is 40.8 Å². The minimum Gasteiger partial charge on any atom is -0.355 e. The Bertz CT molecular complexity index is 942. The quantitative estimate of drug-likeness (QED) is 0.261. The van der Waals surface area contributed by atoms with E-state index in [1.807, 2.05) is 6.08 Å². The molecule has 1 aromatic carbocycles. The maximum absolute atomic E-state index is 5.49. The largest absolute Gasteiger partial charge is 0.355 e. The molecule has 0 radical (unpaired) electrons. The SMILES string of the molecule is C#CC1=CC/1=C\C(=C)C(CC)CCN(CC)CN(c1cc(C=C)ccc1C)C1CCC1C. The summed E-state index contributed by atoms with van der Waals surface area (Å²) in [5.41, 5.74) is 7.32. The maximum Gasteiger partial charge on any atom is 0.0710 e. The first-order valence-electron chi connectivity index (χ1n) is 12.2. The third-order valence-corrected chi connectivity index (χ3v) is 7.39. The van der Waals surface area contributed by atoms with Gasteiger partial charge in [-0.15, -0.1) is 6.42 Å².